The predicted molar refractivity (Wildman–Crippen MR) is 98.2 cm³/mol. The Balaban J connectivity index is 1.81. The van der Waals surface area contributed by atoms with Crippen LogP contribution in [0.3, 0.4) is 0 Å². The third-order valence-corrected chi connectivity index (χ3v) is 5.43. The van der Waals surface area contributed by atoms with E-state index in [9.17, 15) is 18.0 Å². The molecule has 0 fully saturated rings. The van der Waals surface area contributed by atoms with E-state index in [1.807, 2.05) is 6.07 Å². The van der Waals surface area contributed by atoms with E-state index in [4.69, 9.17) is 4.42 Å². The van der Waals surface area contributed by atoms with Crippen LogP contribution in [-0.4, -0.2) is 0 Å². The summed E-state index contributed by atoms with van der Waals surface area (Å²) in [5.74, 6) is -3.49. The molecular weight excluding hydrogens is 353 g/mol. The second-order valence-corrected chi connectivity index (χ2v) is 7.21. The van der Waals surface area contributed by atoms with Gasteiger partial charge in [-0.1, -0.05) is 31.9 Å². The maximum absolute atomic E-state index is 13.5. The highest BCUT2D eigenvalue weighted by Gasteiger charge is 2.24. The van der Waals surface area contributed by atoms with Gasteiger partial charge >= 0.3 is 5.63 Å². The van der Waals surface area contributed by atoms with Crippen molar-refractivity contribution in [1.82, 2.24) is 0 Å². The van der Waals surface area contributed by atoms with Crippen LogP contribution in [0.1, 0.15) is 37.3 Å². The van der Waals surface area contributed by atoms with Crippen molar-refractivity contribution >= 4 is 11.0 Å². The van der Waals surface area contributed by atoms with Gasteiger partial charge in [0.05, 0.1) is 0 Å². The minimum absolute atomic E-state index is 0.191. The number of benzene rings is 2. The first kappa shape index (κ1) is 17.8. The lowest BCUT2D eigenvalue weighted by molar-refractivity contribution is 0.410. The Kier molecular flexibility index (Phi) is 4.54. The molecule has 1 heterocycles. The van der Waals surface area contributed by atoms with Gasteiger partial charge in [0.15, 0.2) is 17.5 Å². The van der Waals surface area contributed by atoms with Crippen molar-refractivity contribution in [3.8, 4) is 11.1 Å². The highest BCUT2D eigenvalue weighted by molar-refractivity contribution is 5.86. The van der Waals surface area contributed by atoms with Gasteiger partial charge in [0, 0.05) is 10.9 Å². The molecule has 3 aromatic rings. The minimum atomic E-state index is -1.50. The zero-order valence-electron chi connectivity index (χ0n) is 15.0. The molecule has 0 saturated carbocycles. The Morgan fingerprint density at radius 1 is 1.04 bits per heavy atom. The van der Waals surface area contributed by atoms with Crippen molar-refractivity contribution in [3.63, 3.8) is 0 Å². The fourth-order valence-electron chi connectivity index (χ4n) is 4.09. The summed E-state index contributed by atoms with van der Waals surface area (Å²) >= 11 is 0. The van der Waals surface area contributed by atoms with Gasteiger partial charge in [-0.2, -0.15) is 0 Å². The molecule has 0 aliphatic heterocycles. The summed E-state index contributed by atoms with van der Waals surface area (Å²) in [6.45, 7) is 2.14. The molecule has 0 bridgehead atoms. The normalized spacial score (nSPS) is 16.5. The molecule has 0 amide bonds. The first-order valence-corrected chi connectivity index (χ1v) is 9.21. The van der Waals surface area contributed by atoms with Crippen LogP contribution < -0.4 is 5.63 Å². The number of hydrogen-bond donors (Lipinski definition) is 0. The third-order valence-electron chi connectivity index (χ3n) is 5.43. The van der Waals surface area contributed by atoms with Crippen LogP contribution >= 0.6 is 0 Å². The van der Waals surface area contributed by atoms with Gasteiger partial charge in [0.25, 0.3) is 0 Å². The van der Waals surface area contributed by atoms with E-state index >= 15 is 0 Å². The Hall–Kier alpha value is -2.56. The Morgan fingerprint density at radius 2 is 1.78 bits per heavy atom. The van der Waals surface area contributed by atoms with E-state index in [1.165, 1.54) is 0 Å². The van der Waals surface area contributed by atoms with Gasteiger partial charge in [0.1, 0.15) is 5.58 Å². The van der Waals surface area contributed by atoms with Gasteiger partial charge < -0.3 is 4.42 Å². The molecule has 5 heteroatoms. The summed E-state index contributed by atoms with van der Waals surface area (Å²) in [4.78, 5) is 12.5. The standard InChI is InChI=1S/C22H19F3O2/c1-2-3-12-4-6-15-16-7-5-13(11-20(16)27-22(26)17(15)8-12)14-9-18(23)21(25)19(24)10-14/h5,7,9-12H,2-4,6,8H2,1H3. The molecule has 0 N–H and O–H groups in total. The summed E-state index contributed by atoms with van der Waals surface area (Å²) in [6, 6.07) is 6.98. The van der Waals surface area contributed by atoms with Gasteiger partial charge in [0.2, 0.25) is 0 Å². The fourth-order valence-corrected chi connectivity index (χ4v) is 4.09. The molecule has 1 aliphatic rings. The average molecular weight is 372 g/mol. The van der Waals surface area contributed by atoms with E-state index < -0.39 is 17.5 Å². The molecule has 0 radical (unpaired) electrons. The molecule has 0 spiro atoms. The number of fused-ring (bicyclic) bond motifs is 3. The SMILES string of the molecule is CCCC1CCc2c(c(=O)oc3cc(-c4cc(F)c(F)c(F)c4)ccc23)C1. The van der Waals surface area contributed by atoms with Crippen LogP contribution in [0.2, 0.25) is 0 Å². The largest absolute Gasteiger partial charge is 0.422 e. The molecule has 2 aromatic carbocycles. The molecule has 1 atom stereocenters. The van der Waals surface area contributed by atoms with E-state index in [-0.39, 0.29) is 11.2 Å². The van der Waals surface area contributed by atoms with E-state index in [0.717, 1.165) is 60.7 Å². The van der Waals surface area contributed by atoms with E-state index in [2.05, 4.69) is 6.92 Å². The second-order valence-electron chi connectivity index (χ2n) is 7.21. The van der Waals surface area contributed by atoms with Gasteiger partial charge in [-0.3, -0.25) is 0 Å². The Morgan fingerprint density at radius 3 is 2.48 bits per heavy atom. The van der Waals surface area contributed by atoms with Crippen molar-refractivity contribution < 1.29 is 17.6 Å². The second kappa shape index (κ2) is 6.87. The number of aryl methyl sites for hydroxylation is 1. The molecule has 140 valence electrons. The van der Waals surface area contributed by atoms with Crippen molar-refractivity contribution in [3.05, 3.63) is 69.3 Å². The highest BCUT2D eigenvalue weighted by atomic mass is 19.2. The predicted octanol–water partition coefficient (Wildman–Crippen LogP) is 5.78. The summed E-state index contributed by atoms with van der Waals surface area (Å²) in [5.41, 5.74) is 2.46. The summed E-state index contributed by atoms with van der Waals surface area (Å²) < 4.78 is 45.8. The molecule has 1 aromatic heterocycles. The van der Waals surface area contributed by atoms with Gasteiger partial charge in [-0.05, 0) is 60.1 Å². The maximum atomic E-state index is 13.5. The monoisotopic (exact) mass is 372 g/mol. The summed E-state index contributed by atoms with van der Waals surface area (Å²) in [7, 11) is 0. The van der Waals surface area contributed by atoms with Crippen LogP contribution in [-0.2, 0) is 12.8 Å². The average Bonchev–Trinajstić information content (AvgIpc) is 2.66. The molecule has 2 nitrogen and oxygen atoms in total. The van der Waals surface area contributed by atoms with Gasteiger partial charge in [-0.25, -0.2) is 18.0 Å². The topological polar surface area (TPSA) is 30.2 Å². The maximum Gasteiger partial charge on any atom is 0.339 e. The highest BCUT2D eigenvalue weighted by Crippen LogP contribution is 2.33. The van der Waals surface area contributed by atoms with Crippen LogP contribution in [0.5, 0.6) is 0 Å². The first-order chi connectivity index (χ1) is 13.0. The van der Waals surface area contributed by atoms with E-state index in [0.29, 0.717) is 17.1 Å². The zero-order valence-corrected chi connectivity index (χ0v) is 15.0. The molecular formula is C22H19F3O2. The fraction of sp³-hybridized carbons (Fsp3) is 0.318. The Bertz CT molecular complexity index is 1060. The van der Waals surface area contributed by atoms with Crippen LogP contribution in [0.15, 0.2) is 39.5 Å². The first-order valence-electron chi connectivity index (χ1n) is 9.21. The zero-order chi connectivity index (χ0) is 19.1. The molecule has 1 aliphatic carbocycles. The quantitative estimate of drug-likeness (QED) is 0.431. The van der Waals surface area contributed by atoms with Crippen LogP contribution in [0, 0.1) is 23.4 Å². The van der Waals surface area contributed by atoms with Crippen molar-refractivity contribution in [1.29, 1.82) is 0 Å². The smallest absolute Gasteiger partial charge is 0.339 e. The van der Waals surface area contributed by atoms with Crippen molar-refractivity contribution in [2.24, 2.45) is 5.92 Å². The molecule has 27 heavy (non-hydrogen) atoms. The van der Waals surface area contributed by atoms with Crippen molar-refractivity contribution in [2.75, 3.05) is 0 Å². The lowest BCUT2D eigenvalue weighted by Crippen LogP contribution is -2.22. The number of halogens is 3. The lowest BCUT2D eigenvalue weighted by atomic mass is 9.81. The number of hydrogen-bond acceptors (Lipinski definition) is 2. The van der Waals surface area contributed by atoms with Crippen molar-refractivity contribution in [2.45, 2.75) is 39.0 Å². The van der Waals surface area contributed by atoms with E-state index in [1.54, 1.807) is 12.1 Å². The minimum Gasteiger partial charge on any atom is -0.422 e. The molecule has 0 saturated heterocycles. The van der Waals surface area contributed by atoms with Crippen LogP contribution in [0.4, 0.5) is 13.2 Å². The van der Waals surface area contributed by atoms with Gasteiger partial charge in [-0.15, -0.1) is 0 Å². The third kappa shape index (κ3) is 3.15. The summed E-state index contributed by atoms with van der Waals surface area (Å²) in [5, 5.41) is 0.853. The van der Waals surface area contributed by atoms with Crippen LogP contribution in [0.25, 0.3) is 22.1 Å². The molecule has 1 unspecified atom stereocenters. The lowest BCUT2D eigenvalue weighted by Gasteiger charge is -2.24. The number of rotatable bonds is 3. The molecule has 4 rings (SSSR count). The summed E-state index contributed by atoms with van der Waals surface area (Å²) in [6.07, 6.45) is 4.78. The Labute approximate surface area is 154 Å².